The molecule has 0 spiro atoms. The Bertz CT molecular complexity index is 3540. The number of nitrogens with zero attached hydrogens (tertiary/aromatic N) is 1. The number of benzene rings is 10. The van der Waals surface area contributed by atoms with Crippen LogP contribution in [-0.4, -0.2) is 0 Å². The monoisotopic (exact) mass is 815 g/mol. The van der Waals surface area contributed by atoms with Crippen LogP contribution in [0.2, 0.25) is 0 Å². The summed E-state index contributed by atoms with van der Waals surface area (Å²) in [6, 6.07) is 91.4. The second-order valence-electron chi connectivity index (χ2n) is 17.1. The fourth-order valence-corrected chi connectivity index (χ4v) is 11.5. The first-order valence-electron chi connectivity index (χ1n) is 22.2. The predicted molar refractivity (Wildman–Crippen MR) is 263 cm³/mol. The average Bonchev–Trinajstić information content (AvgIpc) is 3.91. The van der Waals surface area contributed by atoms with E-state index in [-0.39, 0.29) is 0 Å². The number of rotatable bonds is 7. The summed E-state index contributed by atoms with van der Waals surface area (Å²) in [6.07, 6.45) is 0. The first-order valence-corrected chi connectivity index (χ1v) is 22.2. The Morgan fingerprint density at radius 3 is 1.52 bits per heavy atom. The van der Waals surface area contributed by atoms with Gasteiger partial charge in [0, 0.05) is 22.1 Å². The molecule has 10 aromatic carbocycles. The van der Waals surface area contributed by atoms with Crippen molar-refractivity contribution in [1.29, 1.82) is 0 Å². The van der Waals surface area contributed by atoms with Gasteiger partial charge in [0.2, 0.25) is 0 Å². The molecule has 13 rings (SSSR count). The van der Waals surface area contributed by atoms with E-state index in [2.05, 4.69) is 248 Å². The van der Waals surface area contributed by atoms with Crippen molar-refractivity contribution >= 4 is 39.0 Å². The van der Waals surface area contributed by atoms with Crippen molar-refractivity contribution in [1.82, 2.24) is 0 Å². The van der Waals surface area contributed by atoms with Gasteiger partial charge in [-0.2, -0.15) is 0 Å². The van der Waals surface area contributed by atoms with Gasteiger partial charge in [0.05, 0.1) is 16.5 Å². The van der Waals surface area contributed by atoms with Crippen LogP contribution in [0.25, 0.3) is 44.2 Å². The summed E-state index contributed by atoms with van der Waals surface area (Å²) in [5.41, 5.74) is 19.0. The third-order valence-corrected chi connectivity index (χ3v) is 14.0. The Balaban J connectivity index is 1.06. The molecule has 2 aliphatic carbocycles. The Morgan fingerprint density at radius 1 is 0.312 bits per heavy atom. The number of fused-ring (bicyclic) bond motifs is 8. The Labute approximate surface area is 373 Å². The van der Waals surface area contributed by atoms with Gasteiger partial charge < -0.3 is 9.32 Å². The van der Waals surface area contributed by atoms with Crippen molar-refractivity contribution in [2.45, 2.75) is 10.8 Å². The van der Waals surface area contributed by atoms with Gasteiger partial charge in [-0.15, -0.1) is 0 Å². The van der Waals surface area contributed by atoms with Crippen LogP contribution in [0.1, 0.15) is 44.5 Å². The summed E-state index contributed by atoms with van der Waals surface area (Å²) in [6.45, 7) is 0. The molecule has 0 amide bonds. The summed E-state index contributed by atoms with van der Waals surface area (Å²) in [4.78, 5) is 2.35. The molecule has 2 unspecified atom stereocenters. The minimum atomic E-state index is -0.636. The van der Waals surface area contributed by atoms with Crippen molar-refractivity contribution in [3.63, 3.8) is 0 Å². The second kappa shape index (κ2) is 14.2. The Morgan fingerprint density at radius 2 is 0.797 bits per heavy atom. The maximum atomic E-state index is 6.73. The molecule has 0 bridgehead atoms. The van der Waals surface area contributed by atoms with Crippen LogP contribution in [0.5, 0.6) is 0 Å². The van der Waals surface area contributed by atoms with E-state index in [1.54, 1.807) is 0 Å². The van der Waals surface area contributed by atoms with Crippen molar-refractivity contribution < 1.29 is 4.42 Å². The molecule has 0 saturated carbocycles. The molecule has 0 saturated heterocycles. The zero-order valence-corrected chi connectivity index (χ0v) is 35.0. The van der Waals surface area contributed by atoms with E-state index in [0.29, 0.717) is 0 Å². The normalized spacial score (nSPS) is 16.9. The summed E-state index contributed by atoms with van der Waals surface area (Å²) in [5, 5.41) is 2.21. The molecule has 1 heterocycles. The molecule has 64 heavy (non-hydrogen) atoms. The predicted octanol–water partition coefficient (Wildman–Crippen LogP) is 15.8. The number of anilines is 3. The lowest BCUT2D eigenvalue weighted by atomic mass is 9.52. The molecule has 0 N–H and O–H groups in total. The molecular formula is C62H41NO. The van der Waals surface area contributed by atoms with Crippen LogP contribution < -0.4 is 4.90 Å². The lowest BCUT2D eigenvalue weighted by molar-refractivity contribution is 0.626. The first-order chi connectivity index (χ1) is 31.8. The Hall–Kier alpha value is -8.20. The van der Waals surface area contributed by atoms with Gasteiger partial charge >= 0.3 is 0 Å². The van der Waals surface area contributed by atoms with E-state index in [0.717, 1.165) is 39.0 Å². The van der Waals surface area contributed by atoms with Gasteiger partial charge in [-0.05, 0) is 103 Å². The van der Waals surface area contributed by atoms with E-state index in [1.807, 2.05) is 6.07 Å². The quantitative estimate of drug-likeness (QED) is 0.159. The number of furan rings is 1. The molecule has 0 fully saturated rings. The number of para-hydroxylation sites is 2. The minimum Gasteiger partial charge on any atom is -0.454 e. The Kier molecular flexibility index (Phi) is 8.07. The highest BCUT2D eigenvalue weighted by Crippen LogP contribution is 2.65. The van der Waals surface area contributed by atoms with Crippen LogP contribution in [0.15, 0.2) is 253 Å². The molecule has 2 nitrogen and oxygen atoms in total. The van der Waals surface area contributed by atoms with Crippen LogP contribution in [0.3, 0.4) is 0 Å². The molecule has 300 valence electrons. The van der Waals surface area contributed by atoms with E-state index in [9.17, 15) is 0 Å². The highest BCUT2D eigenvalue weighted by Gasteiger charge is 2.57. The van der Waals surface area contributed by atoms with Gasteiger partial charge in [-0.1, -0.05) is 212 Å². The summed E-state index contributed by atoms with van der Waals surface area (Å²) >= 11 is 0. The molecule has 11 aromatic rings. The largest absolute Gasteiger partial charge is 0.454 e. The van der Waals surface area contributed by atoms with Crippen molar-refractivity contribution in [3.8, 4) is 22.3 Å². The summed E-state index contributed by atoms with van der Waals surface area (Å²) in [5.74, 6) is 0. The zero-order chi connectivity index (χ0) is 42.2. The molecule has 2 aliphatic rings. The molecule has 0 aliphatic heterocycles. The van der Waals surface area contributed by atoms with Gasteiger partial charge in [0.25, 0.3) is 0 Å². The first kappa shape index (κ1) is 36.5. The van der Waals surface area contributed by atoms with Gasteiger partial charge in [0.1, 0.15) is 5.58 Å². The van der Waals surface area contributed by atoms with E-state index in [4.69, 9.17) is 4.42 Å². The van der Waals surface area contributed by atoms with Crippen LogP contribution in [0, 0.1) is 0 Å². The molecule has 2 atom stereocenters. The standard InChI is InChI=1S/C62H41NO/c1-4-18-42(19-5-1)43-34-38-47(39-35-43)63(57-32-17-27-52-50-25-11-15-33-58(50)64-60(52)57)48-40-36-46(37-41-48)61(44-20-6-2-7-21-44)54-29-13-14-30-55(54)62(45-22-8-3-9-23-45)53-28-12-10-24-49(53)51-26-16-31-56(61)59(51)62/h1-41H. The highest BCUT2D eigenvalue weighted by atomic mass is 16.3. The number of hydrogen-bond acceptors (Lipinski definition) is 2. The van der Waals surface area contributed by atoms with E-state index in [1.165, 1.54) is 66.8 Å². The maximum absolute atomic E-state index is 6.73. The van der Waals surface area contributed by atoms with Crippen molar-refractivity contribution in [2.24, 2.45) is 0 Å². The van der Waals surface area contributed by atoms with Crippen LogP contribution in [-0.2, 0) is 10.8 Å². The SMILES string of the molecule is c1ccc(-c2ccc(N(c3ccc(C4(c5ccccc5)c5ccccc5C5(c6ccccc6)c6ccccc6-c6cccc4c65)cc3)c3cccc4c3oc3ccccc34)cc2)cc1. The molecule has 1 aromatic heterocycles. The smallest absolute Gasteiger partial charge is 0.159 e. The summed E-state index contributed by atoms with van der Waals surface area (Å²) in [7, 11) is 0. The highest BCUT2D eigenvalue weighted by molar-refractivity contribution is 6.10. The van der Waals surface area contributed by atoms with Crippen molar-refractivity contribution in [3.05, 3.63) is 293 Å². The minimum absolute atomic E-state index is 0.493. The average molecular weight is 816 g/mol. The molecule has 0 radical (unpaired) electrons. The molecular weight excluding hydrogens is 775 g/mol. The van der Waals surface area contributed by atoms with Crippen LogP contribution in [0.4, 0.5) is 17.1 Å². The van der Waals surface area contributed by atoms with E-state index < -0.39 is 10.8 Å². The summed E-state index contributed by atoms with van der Waals surface area (Å²) < 4.78 is 6.73. The van der Waals surface area contributed by atoms with Gasteiger partial charge in [-0.25, -0.2) is 0 Å². The third kappa shape index (κ3) is 5.02. The maximum Gasteiger partial charge on any atom is 0.159 e. The topological polar surface area (TPSA) is 16.4 Å². The molecule has 2 heteroatoms. The lowest BCUT2D eigenvalue weighted by Crippen LogP contribution is -2.44. The fourth-order valence-electron chi connectivity index (χ4n) is 11.5. The third-order valence-electron chi connectivity index (χ3n) is 14.0. The number of hydrogen-bond donors (Lipinski definition) is 0. The zero-order valence-electron chi connectivity index (χ0n) is 35.0. The second-order valence-corrected chi connectivity index (χ2v) is 17.1. The lowest BCUT2D eigenvalue weighted by Gasteiger charge is -2.49. The van der Waals surface area contributed by atoms with Gasteiger partial charge in [0.15, 0.2) is 5.58 Å². The van der Waals surface area contributed by atoms with Crippen molar-refractivity contribution in [2.75, 3.05) is 4.90 Å². The fraction of sp³-hybridized carbons (Fsp3) is 0.0323. The van der Waals surface area contributed by atoms with Gasteiger partial charge in [-0.3, -0.25) is 0 Å². The van der Waals surface area contributed by atoms with Crippen LogP contribution >= 0.6 is 0 Å². The van der Waals surface area contributed by atoms with E-state index >= 15 is 0 Å².